The summed E-state index contributed by atoms with van der Waals surface area (Å²) in [6.07, 6.45) is 0. The van der Waals surface area contributed by atoms with Crippen molar-refractivity contribution in [2.45, 2.75) is 37.9 Å². The number of amides is 2. The molecule has 166 valence electrons. The first kappa shape index (κ1) is 22.7. The summed E-state index contributed by atoms with van der Waals surface area (Å²) in [5.74, 6) is 1.64. The topological polar surface area (TPSA) is 107 Å². The predicted molar refractivity (Wildman–Crippen MR) is 117 cm³/mol. The number of carbonyl (C=O) groups is 2. The van der Waals surface area contributed by atoms with E-state index >= 15 is 0 Å². The lowest BCUT2D eigenvalue weighted by molar-refractivity contribution is -0.139. The van der Waals surface area contributed by atoms with Gasteiger partial charge >= 0.3 is 12.0 Å². The second-order valence-electron chi connectivity index (χ2n) is 7.26. The first-order valence-electron chi connectivity index (χ1n) is 9.99. The van der Waals surface area contributed by atoms with Gasteiger partial charge in [0, 0.05) is 24.4 Å². The quantitative estimate of drug-likeness (QED) is 0.475. The van der Waals surface area contributed by atoms with Crippen LogP contribution in [0, 0.1) is 0 Å². The molecule has 3 rings (SSSR count). The van der Waals surface area contributed by atoms with Crippen LogP contribution in [0.5, 0.6) is 5.75 Å². The van der Waals surface area contributed by atoms with Gasteiger partial charge < -0.3 is 24.7 Å². The van der Waals surface area contributed by atoms with Gasteiger partial charge in [-0.25, -0.2) is 9.59 Å². The van der Waals surface area contributed by atoms with Crippen LogP contribution >= 0.6 is 11.8 Å². The number of nitrogens with one attached hydrogen (secondary N) is 2. The van der Waals surface area contributed by atoms with E-state index in [0.29, 0.717) is 27.9 Å². The molecule has 1 unspecified atom stereocenters. The van der Waals surface area contributed by atoms with Crippen LogP contribution in [0.1, 0.15) is 44.1 Å². The maximum absolute atomic E-state index is 12.9. The Morgan fingerprint density at radius 1 is 1.26 bits per heavy atom. The molecule has 0 fully saturated rings. The highest BCUT2D eigenvalue weighted by atomic mass is 32.2. The van der Waals surface area contributed by atoms with Crippen molar-refractivity contribution in [3.8, 4) is 5.75 Å². The molecule has 2 heterocycles. The van der Waals surface area contributed by atoms with Crippen LogP contribution in [0.25, 0.3) is 0 Å². The Hall–Kier alpha value is -3.01. The van der Waals surface area contributed by atoms with Gasteiger partial charge in [0.05, 0.1) is 25.3 Å². The van der Waals surface area contributed by atoms with E-state index in [-0.39, 0.29) is 18.6 Å². The SMILES string of the molecule is CCOC(=O)C1=C(CSc2nnc(C(C)C)n2C)NC(=O)NC1c1ccc(OC)cc1. The fourth-order valence-electron chi connectivity index (χ4n) is 3.32. The number of thioether (sulfide) groups is 1. The minimum Gasteiger partial charge on any atom is -0.497 e. The van der Waals surface area contributed by atoms with Crippen LogP contribution in [0.15, 0.2) is 40.7 Å². The van der Waals surface area contributed by atoms with Crippen LogP contribution in [0.4, 0.5) is 4.79 Å². The molecule has 1 atom stereocenters. The van der Waals surface area contributed by atoms with Crippen molar-refractivity contribution in [3.05, 3.63) is 46.9 Å². The summed E-state index contributed by atoms with van der Waals surface area (Å²) in [7, 11) is 3.48. The Kier molecular flexibility index (Phi) is 7.21. The van der Waals surface area contributed by atoms with Gasteiger partial charge in [-0.1, -0.05) is 37.7 Å². The normalized spacial score (nSPS) is 16.2. The first-order chi connectivity index (χ1) is 14.8. The molecule has 0 saturated heterocycles. The van der Waals surface area contributed by atoms with Crippen molar-refractivity contribution in [1.82, 2.24) is 25.4 Å². The molecule has 2 amide bonds. The van der Waals surface area contributed by atoms with Crippen LogP contribution < -0.4 is 15.4 Å². The number of hydrogen-bond donors (Lipinski definition) is 2. The smallest absolute Gasteiger partial charge is 0.338 e. The van der Waals surface area contributed by atoms with Crippen molar-refractivity contribution >= 4 is 23.8 Å². The van der Waals surface area contributed by atoms with Gasteiger partial charge in [-0.3, -0.25) is 0 Å². The summed E-state index contributed by atoms with van der Waals surface area (Å²) in [4.78, 5) is 25.3. The lowest BCUT2D eigenvalue weighted by Crippen LogP contribution is -2.46. The van der Waals surface area contributed by atoms with Gasteiger partial charge in [-0.2, -0.15) is 0 Å². The molecule has 0 spiro atoms. The maximum Gasteiger partial charge on any atom is 0.338 e. The molecule has 2 N–H and O–H groups in total. The zero-order chi connectivity index (χ0) is 22.5. The van der Waals surface area contributed by atoms with Gasteiger partial charge in [0.1, 0.15) is 11.6 Å². The predicted octanol–water partition coefficient (Wildman–Crippen LogP) is 2.91. The molecule has 9 nitrogen and oxygen atoms in total. The number of carbonyl (C=O) groups excluding carboxylic acids is 2. The highest BCUT2D eigenvalue weighted by molar-refractivity contribution is 7.99. The molecule has 0 bridgehead atoms. The van der Waals surface area contributed by atoms with Crippen molar-refractivity contribution in [2.24, 2.45) is 7.05 Å². The average Bonchev–Trinajstić information content (AvgIpc) is 3.12. The number of rotatable bonds is 8. The van der Waals surface area contributed by atoms with E-state index < -0.39 is 12.0 Å². The van der Waals surface area contributed by atoms with E-state index in [0.717, 1.165) is 11.4 Å². The van der Waals surface area contributed by atoms with E-state index in [2.05, 4.69) is 20.8 Å². The summed E-state index contributed by atoms with van der Waals surface area (Å²) in [6.45, 7) is 6.07. The zero-order valence-corrected chi connectivity index (χ0v) is 19.1. The molecular formula is C21H27N5O4S. The third-order valence-corrected chi connectivity index (χ3v) is 5.88. The standard InChI is InChI=1S/C21H27N5O4S/c1-6-30-19(27)16-15(11-31-21-25-24-18(12(2)3)26(21)4)22-20(28)23-17(16)13-7-9-14(29-5)10-8-13/h7-10,12,17H,6,11H2,1-5H3,(H2,22,23,28). The number of urea groups is 1. The van der Waals surface area contributed by atoms with Crippen LogP contribution in [0.3, 0.4) is 0 Å². The number of esters is 1. The molecule has 2 aromatic rings. The monoisotopic (exact) mass is 445 g/mol. The number of methoxy groups -OCH3 is 1. The van der Waals surface area contributed by atoms with E-state index in [1.54, 1.807) is 26.2 Å². The van der Waals surface area contributed by atoms with E-state index in [1.807, 2.05) is 37.6 Å². The molecule has 1 aromatic carbocycles. The molecule has 0 radical (unpaired) electrons. The molecule has 1 aromatic heterocycles. The molecule has 0 aliphatic carbocycles. The Balaban J connectivity index is 1.95. The second-order valence-corrected chi connectivity index (χ2v) is 8.20. The second kappa shape index (κ2) is 9.86. The van der Waals surface area contributed by atoms with Crippen molar-refractivity contribution < 1.29 is 19.1 Å². The van der Waals surface area contributed by atoms with Crippen molar-refractivity contribution in [1.29, 1.82) is 0 Å². The fraction of sp³-hybridized carbons (Fsp3) is 0.429. The number of nitrogens with zero attached hydrogens (tertiary/aromatic N) is 3. The number of aromatic nitrogens is 3. The maximum atomic E-state index is 12.9. The largest absolute Gasteiger partial charge is 0.497 e. The fourth-order valence-corrected chi connectivity index (χ4v) is 4.21. The summed E-state index contributed by atoms with van der Waals surface area (Å²) < 4.78 is 12.4. The third kappa shape index (κ3) is 5.01. The summed E-state index contributed by atoms with van der Waals surface area (Å²) in [6, 6.07) is 6.18. The van der Waals surface area contributed by atoms with Crippen molar-refractivity contribution in [3.63, 3.8) is 0 Å². The van der Waals surface area contributed by atoms with Gasteiger partial charge in [0.25, 0.3) is 0 Å². The van der Waals surface area contributed by atoms with E-state index in [9.17, 15) is 9.59 Å². The third-order valence-electron chi connectivity index (χ3n) is 4.83. The zero-order valence-electron chi connectivity index (χ0n) is 18.3. The molecule has 31 heavy (non-hydrogen) atoms. The van der Waals surface area contributed by atoms with E-state index in [1.165, 1.54) is 11.8 Å². The Labute approximate surface area is 185 Å². The Bertz CT molecular complexity index is 984. The summed E-state index contributed by atoms with van der Waals surface area (Å²) >= 11 is 1.40. The molecule has 1 aliphatic rings. The Morgan fingerprint density at radius 3 is 2.55 bits per heavy atom. The lowest BCUT2D eigenvalue weighted by Gasteiger charge is -2.29. The van der Waals surface area contributed by atoms with Gasteiger partial charge in [0.2, 0.25) is 0 Å². The average molecular weight is 446 g/mol. The van der Waals surface area contributed by atoms with Gasteiger partial charge in [-0.15, -0.1) is 10.2 Å². The van der Waals surface area contributed by atoms with Crippen LogP contribution in [-0.2, 0) is 16.6 Å². The highest BCUT2D eigenvalue weighted by Gasteiger charge is 2.34. The Morgan fingerprint density at radius 2 is 1.97 bits per heavy atom. The summed E-state index contributed by atoms with van der Waals surface area (Å²) in [5, 5.41) is 14.8. The lowest BCUT2D eigenvalue weighted by atomic mass is 9.95. The number of ether oxygens (including phenoxy) is 2. The molecule has 10 heteroatoms. The summed E-state index contributed by atoms with van der Waals surface area (Å²) in [5.41, 5.74) is 1.61. The minimum absolute atomic E-state index is 0.229. The van der Waals surface area contributed by atoms with E-state index in [4.69, 9.17) is 9.47 Å². The van der Waals surface area contributed by atoms with Crippen LogP contribution in [-0.4, -0.2) is 46.2 Å². The molecule has 1 aliphatic heterocycles. The molecular weight excluding hydrogens is 418 g/mol. The van der Waals surface area contributed by atoms with Crippen molar-refractivity contribution in [2.75, 3.05) is 19.5 Å². The number of benzene rings is 1. The minimum atomic E-state index is -0.639. The number of hydrogen-bond acceptors (Lipinski definition) is 7. The highest BCUT2D eigenvalue weighted by Crippen LogP contribution is 2.31. The van der Waals surface area contributed by atoms with Gasteiger partial charge in [0.15, 0.2) is 5.16 Å². The first-order valence-corrected chi connectivity index (χ1v) is 11.0. The molecule has 0 saturated carbocycles. The van der Waals surface area contributed by atoms with Gasteiger partial charge in [-0.05, 0) is 24.6 Å². The van der Waals surface area contributed by atoms with Crippen LogP contribution in [0.2, 0.25) is 0 Å².